The fourth-order valence-corrected chi connectivity index (χ4v) is 2.68. The van der Waals surface area contributed by atoms with E-state index in [4.69, 9.17) is 15.6 Å². The van der Waals surface area contributed by atoms with Gasteiger partial charge < -0.3 is 20.5 Å². The average Bonchev–Trinajstić information content (AvgIpc) is 2.56. The highest BCUT2D eigenvalue weighted by atomic mass is 16.5. The molecule has 0 radical (unpaired) electrons. The summed E-state index contributed by atoms with van der Waals surface area (Å²) in [5.74, 6) is 1.00. The number of ether oxygens (including phenoxy) is 1. The summed E-state index contributed by atoms with van der Waals surface area (Å²) in [7, 11) is 0. The van der Waals surface area contributed by atoms with Gasteiger partial charge in [-0.05, 0) is 29.7 Å². The Morgan fingerprint density at radius 1 is 1.30 bits per heavy atom. The summed E-state index contributed by atoms with van der Waals surface area (Å²) in [4.78, 5) is 14.2. The molecular weight excluding hydrogens is 292 g/mol. The molecule has 0 bridgehead atoms. The summed E-state index contributed by atoms with van der Waals surface area (Å²) in [5.41, 5.74) is 6.44. The van der Waals surface area contributed by atoms with Gasteiger partial charge in [-0.2, -0.15) is 0 Å². The lowest BCUT2D eigenvalue weighted by atomic mass is 9.88. The van der Waals surface area contributed by atoms with Crippen molar-refractivity contribution in [1.29, 1.82) is 0 Å². The van der Waals surface area contributed by atoms with Crippen LogP contribution in [-0.4, -0.2) is 41.7 Å². The summed E-state index contributed by atoms with van der Waals surface area (Å²) in [6, 6.07) is 7.49. The Hall–Kier alpha value is -1.59. The molecule has 23 heavy (non-hydrogen) atoms. The van der Waals surface area contributed by atoms with Crippen LogP contribution in [0.2, 0.25) is 0 Å². The third-order valence-electron chi connectivity index (χ3n) is 4.39. The van der Waals surface area contributed by atoms with E-state index in [1.54, 1.807) is 0 Å². The Morgan fingerprint density at radius 3 is 2.43 bits per heavy atom. The van der Waals surface area contributed by atoms with Gasteiger partial charge >= 0.3 is 0 Å². The van der Waals surface area contributed by atoms with Crippen LogP contribution in [0.1, 0.15) is 38.7 Å². The predicted molar refractivity (Wildman–Crippen MR) is 90.0 cm³/mol. The predicted octanol–water partition coefficient (Wildman–Crippen LogP) is 1.92. The van der Waals surface area contributed by atoms with Crippen molar-refractivity contribution in [2.45, 2.75) is 45.8 Å². The van der Waals surface area contributed by atoms with E-state index in [1.807, 2.05) is 43.0 Å². The molecule has 128 valence electrons. The van der Waals surface area contributed by atoms with Crippen molar-refractivity contribution in [2.24, 2.45) is 11.1 Å². The molecule has 0 aliphatic carbocycles. The fraction of sp³-hybridized carbons (Fsp3) is 0.611. The van der Waals surface area contributed by atoms with Crippen molar-refractivity contribution < 1.29 is 14.6 Å². The number of aliphatic hydroxyl groups excluding tert-OH is 1. The Bertz CT molecular complexity index is 506. The first kappa shape index (κ1) is 17.8. The molecule has 1 aromatic carbocycles. The summed E-state index contributed by atoms with van der Waals surface area (Å²) in [6.45, 7) is 6.08. The number of carbonyl (C=O) groups is 1. The second kappa shape index (κ2) is 7.79. The van der Waals surface area contributed by atoms with Crippen LogP contribution < -0.4 is 10.5 Å². The summed E-state index contributed by atoms with van der Waals surface area (Å²) < 4.78 is 5.97. The van der Waals surface area contributed by atoms with Crippen molar-refractivity contribution in [1.82, 2.24) is 4.90 Å². The number of hydrogen-bond acceptors (Lipinski definition) is 4. The zero-order chi connectivity index (χ0) is 16.9. The van der Waals surface area contributed by atoms with Gasteiger partial charge in [0.05, 0.1) is 6.61 Å². The Labute approximate surface area is 138 Å². The van der Waals surface area contributed by atoms with Crippen LogP contribution in [0.25, 0.3) is 0 Å². The summed E-state index contributed by atoms with van der Waals surface area (Å²) in [5, 5.41) is 9.04. The average molecular weight is 320 g/mol. The van der Waals surface area contributed by atoms with Crippen molar-refractivity contribution in [3.63, 3.8) is 0 Å². The topological polar surface area (TPSA) is 75.8 Å². The van der Waals surface area contributed by atoms with Gasteiger partial charge in [-0.25, -0.2) is 0 Å². The lowest BCUT2D eigenvalue weighted by molar-refractivity contribution is -0.135. The quantitative estimate of drug-likeness (QED) is 0.840. The maximum absolute atomic E-state index is 12.3. The molecule has 3 N–H and O–H groups in total. The van der Waals surface area contributed by atoms with Crippen LogP contribution in [0.3, 0.4) is 0 Å². The number of piperidine rings is 1. The van der Waals surface area contributed by atoms with Crippen molar-refractivity contribution >= 4 is 5.91 Å². The highest BCUT2D eigenvalue weighted by molar-refractivity contribution is 5.77. The van der Waals surface area contributed by atoms with Crippen LogP contribution in [0, 0.1) is 5.41 Å². The number of aliphatic hydroxyl groups is 1. The number of carbonyl (C=O) groups excluding carboxylic acids is 1. The molecule has 2 rings (SSSR count). The van der Waals surface area contributed by atoms with Crippen LogP contribution in [0.4, 0.5) is 0 Å². The maximum Gasteiger partial charge on any atom is 0.223 e. The van der Waals surface area contributed by atoms with E-state index < -0.39 is 0 Å². The van der Waals surface area contributed by atoms with E-state index in [0.717, 1.165) is 37.2 Å². The third-order valence-corrected chi connectivity index (χ3v) is 4.39. The molecular formula is C18H28N2O3. The Balaban J connectivity index is 1.80. The van der Waals surface area contributed by atoms with E-state index in [9.17, 15) is 4.79 Å². The smallest absolute Gasteiger partial charge is 0.223 e. The van der Waals surface area contributed by atoms with Crippen LogP contribution >= 0.6 is 0 Å². The van der Waals surface area contributed by atoms with E-state index in [-0.39, 0.29) is 24.0 Å². The van der Waals surface area contributed by atoms with E-state index in [1.165, 1.54) is 0 Å². The second-order valence-corrected chi connectivity index (χ2v) is 7.05. The third kappa shape index (κ3) is 5.22. The highest BCUT2D eigenvalue weighted by Crippen LogP contribution is 2.23. The number of benzene rings is 1. The van der Waals surface area contributed by atoms with Crippen LogP contribution in [-0.2, 0) is 11.4 Å². The monoisotopic (exact) mass is 320 g/mol. The largest absolute Gasteiger partial charge is 0.490 e. The Kier molecular flexibility index (Phi) is 6.02. The summed E-state index contributed by atoms with van der Waals surface area (Å²) >= 11 is 0. The van der Waals surface area contributed by atoms with Gasteiger partial charge in [0.2, 0.25) is 5.91 Å². The van der Waals surface area contributed by atoms with Gasteiger partial charge in [-0.1, -0.05) is 26.0 Å². The molecule has 0 spiro atoms. The molecule has 0 saturated carbocycles. The number of nitrogens with two attached hydrogens (primary N) is 1. The standard InChI is InChI=1S/C18H28N2O3/c1-18(2,13-19)11-17(22)20-9-7-16(8-10-20)23-15-5-3-14(12-21)4-6-15/h3-6,16,21H,7-13,19H2,1-2H3. The van der Waals surface area contributed by atoms with Gasteiger partial charge in [0.1, 0.15) is 11.9 Å². The fourth-order valence-electron chi connectivity index (χ4n) is 2.68. The van der Waals surface area contributed by atoms with E-state index in [0.29, 0.717) is 13.0 Å². The van der Waals surface area contributed by atoms with E-state index >= 15 is 0 Å². The SMILES string of the molecule is CC(C)(CN)CC(=O)N1CCC(Oc2ccc(CO)cc2)CC1. The van der Waals surface area contributed by atoms with Crippen molar-refractivity contribution in [3.8, 4) is 5.75 Å². The minimum absolute atomic E-state index is 0.0416. The van der Waals surface area contributed by atoms with Gasteiger partial charge in [0.25, 0.3) is 0 Å². The highest BCUT2D eigenvalue weighted by Gasteiger charge is 2.28. The molecule has 5 nitrogen and oxygen atoms in total. The zero-order valence-corrected chi connectivity index (χ0v) is 14.1. The first-order valence-electron chi connectivity index (χ1n) is 8.28. The Morgan fingerprint density at radius 2 is 1.91 bits per heavy atom. The molecule has 0 atom stereocenters. The van der Waals surface area contributed by atoms with Gasteiger partial charge in [-0.3, -0.25) is 4.79 Å². The molecule has 1 heterocycles. The molecule has 1 amide bonds. The summed E-state index contributed by atoms with van der Waals surface area (Å²) in [6.07, 6.45) is 2.33. The molecule has 1 aromatic rings. The van der Waals surface area contributed by atoms with E-state index in [2.05, 4.69) is 0 Å². The first-order chi connectivity index (χ1) is 10.9. The first-order valence-corrected chi connectivity index (χ1v) is 8.28. The molecule has 5 heteroatoms. The van der Waals surface area contributed by atoms with Crippen molar-refractivity contribution in [3.05, 3.63) is 29.8 Å². The molecule has 0 aromatic heterocycles. The number of amides is 1. The molecule has 1 saturated heterocycles. The van der Waals surface area contributed by atoms with Gasteiger partial charge in [0, 0.05) is 32.4 Å². The molecule has 1 aliphatic rings. The number of nitrogens with zero attached hydrogens (tertiary/aromatic N) is 1. The molecule has 0 unspecified atom stereocenters. The lowest BCUT2D eigenvalue weighted by Gasteiger charge is -2.34. The van der Waals surface area contributed by atoms with Crippen molar-refractivity contribution in [2.75, 3.05) is 19.6 Å². The number of likely N-dealkylation sites (tertiary alicyclic amines) is 1. The van der Waals surface area contributed by atoms with Crippen LogP contribution in [0.15, 0.2) is 24.3 Å². The number of rotatable bonds is 6. The van der Waals surface area contributed by atoms with Gasteiger partial charge in [0.15, 0.2) is 0 Å². The van der Waals surface area contributed by atoms with Gasteiger partial charge in [-0.15, -0.1) is 0 Å². The van der Waals surface area contributed by atoms with Crippen LogP contribution in [0.5, 0.6) is 5.75 Å². The molecule has 1 fully saturated rings. The second-order valence-electron chi connectivity index (χ2n) is 7.05. The zero-order valence-electron chi connectivity index (χ0n) is 14.1. The molecule has 1 aliphatic heterocycles. The minimum Gasteiger partial charge on any atom is -0.490 e. The normalized spacial score (nSPS) is 16.4. The lowest BCUT2D eigenvalue weighted by Crippen LogP contribution is -2.43. The minimum atomic E-state index is -0.140. The maximum atomic E-state index is 12.3. The number of hydrogen-bond donors (Lipinski definition) is 2.